The number of hydrogen-bond acceptors (Lipinski definition) is 3. The summed E-state index contributed by atoms with van der Waals surface area (Å²) in [6, 6.07) is 4.44. The number of methoxy groups -OCH3 is 1. The number of nitriles is 1. The molecule has 1 saturated carbocycles. The zero-order valence-electron chi connectivity index (χ0n) is 9.08. The first-order valence-corrected chi connectivity index (χ1v) is 5.14. The number of nitrogens with zero attached hydrogens (tertiary/aromatic N) is 2. The molecule has 1 fully saturated rings. The van der Waals surface area contributed by atoms with Crippen LogP contribution in [-0.2, 0) is 5.41 Å². The third-order valence-electron chi connectivity index (χ3n) is 3.20. The molecular weight excluding hydrogens is 188 g/mol. The van der Waals surface area contributed by atoms with Crippen LogP contribution in [0.1, 0.15) is 30.4 Å². The highest BCUT2D eigenvalue weighted by Gasteiger charge is 2.39. The van der Waals surface area contributed by atoms with Gasteiger partial charge < -0.3 is 4.74 Å². The van der Waals surface area contributed by atoms with Crippen LogP contribution < -0.4 is 4.74 Å². The lowest BCUT2D eigenvalue weighted by Gasteiger charge is -2.35. The molecule has 1 heterocycles. The topological polar surface area (TPSA) is 45.9 Å². The lowest BCUT2D eigenvalue weighted by Crippen LogP contribution is -2.32. The summed E-state index contributed by atoms with van der Waals surface area (Å²) in [5, 5.41) is 9.20. The van der Waals surface area contributed by atoms with E-state index in [2.05, 4.69) is 11.1 Å². The van der Waals surface area contributed by atoms with Crippen molar-refractivity contribution in [2.24, 2.45) is 0 Å². The van der Waals surface area contributed by atoms with Crippen molar-refractivity contribution in [1.29, 1.82) is 5.26 Å². The molecule has 0 bridgehead atoms. The molecule has 1 aromatic heterocycles. The van der Waals surface area contributed by atoms with E-state index in [1.807, 2.05) is 13.0 Å². The van der Waals surface area contributed by atoms with Gasteiger partial charge in [-0.1, -0.05) is 0 Å². The van der Waals surface area contributed by atoms with Gasteiger partial charge in [0.15, 0.2) is 0 Å². The van der Waals surface area contributed by atoms with E-state index in [9.17, 15) is 5.26 Å². The zero-order chi connectivity index (χ0) is 10.9. The largest absolute Gasteiger partial charge is 0.481 e. The molecule has 0 unspecified atom stereocenters. The second-order valence-corrected chi connectivity index (χ2v) is 4.10. The van der Waals surface area contributed by atoms with Gasteiger partial charge in [-0.25, -0.2) is 4.98 Å². The molecule has 1 aliphatic carbocycles. The highest BCUT2D eigenvalue weighted by molar-refractivity contribution is 5.38. The Morgan fingerprint density at radius 2 is 2.27 bits per heavy atom. The van der Waals surface area contributed by atoms with Crippen molar-refractivity contribution in [3.63, 3.8) is 0 Å². The van der Waals surface area contributed by atoms with Crippen molar-refractivity contribution >= 4 is 0 Å². The molecule has 3 nitrogen and oxygen atoms in total. The molecular formula is C12H14N2O. The Hall–Kier alpha value is -1.56. The monoisotopic (exact) mass is 202 g/mol. The molecule has 0 N–H and O–H groups in total. The van der Waals surface area contributed by atoms with Crippen LogP contribution in [0.25, 0.3) is 0 Å². The number of hydrogen-bond donors (Lipinski definition) is 0. The van der Waals surface area contributed by atoms with Crippen molar-refractivity contribution in [3.8, 4) is 11.9 Å². The van der Waals surface area contributed by atoms with Gasteiger partial charge in [0.05, 0.1) is 18.6 Å². The van der Waals surface area contributed by atoms with E-state index < -0.39 is 0 Å². The van der Waals surface area contributed by atoms with Crippen LogP contribution in [0.4, 0.5) is 0 Å². The molecule has 0 aromatic carbocycles. The van der Waals surface area contributed by atoms with Crippen molar-refractivity contribution in [1.82, 2.24) is 4.98 Å². The van der Waals surface area contributed by atoms with E-state index >= 15 is 0 Å². The summed E-state index contributed by atoms with van der Waals surface area (Å²) in [5.74, 6) is 0.645. The summed E-state index contributed by atoms with van der Waals surface area (Å²) in [5.41, 5.74) is 1.76. The van der Waals surface area contributed by atoms with Crippen molar-refractivity contribution in [3.05, 3.63) is 23.4 Å². The maximum absolute atomic E-state index is 9.20. The Labute approximate surface area is 89.7 Å². The predicted molar refractivity (Wildman–Crippen MR) is 56.7 cm³/mol. The summed E-state index contributed by atoms with van der Waals surface area (Å²) in [6.07, 6.45) is 4.82. The molecule has 3 heteroatoms. The quantitative estimate of drug-likeness (QED) is 0.739. The molecule has 1 aromatic rings. The fourth-order valence-corrected chi connectivity index (χ4v) is 2.03. The number of ether oxygens (including phenoxy) is 1. The fourth-order valence-electron chi connectivity index (χ4n) is 2.03. The number of rotatable bonds is 2. The van der Waals surface area contributed by atoms with Crippen molar-refractivity contribution in [2.45, 2.75) is 31.6 Å². The maximum atomic E-state index is 9.20. The van der Waals surface area contributed by atoms with Crippen LogP contribution in [0, 0.1) is 18.3 Å². The van der Waals surface area contributed by atoms with E-state index in [0.29, 0.717) is 5.88 Å². The Morgan fingerprint density at radius 3 is 2.67 bits per heavy atom. The second-order valence-electron chi connectivity index (χ2n) is 4.10. The molecule has 15 heavy (non-hydrogen) atoms. The Balaban J connectivity index is 2.38. The minimum atomic E-state index is -0.274. The van der Waals surface area contributed by atoms with Gasteiger partial charge in [0.1, 0.15) is 0 Å². The maximum Gasteiger partial charge on any atom is 0.215 e. The predicted octanol–water partition coefficient (Wildman–Crippen LogP) is 2.34. The van der Waals surface area contributed by atoms with Crippen LogP contribution in [0.15, 0.2) is 12.3 Å². The van der Waals surface area contributed by atoms with Crippen LogP contribution in [0.2, 0.25) is 0 Å². The van der Waals surface area contributed by atoms with Crippen LogP contribution in [-0.4, -0.2) is 12.1 Å². The molecule has 78 valence electrons. The van der Waals surface area contributed by atoms with Gasteiger partial charge in [0, 0.05) is 11.8 Å². The van der Waals surface area contributed by atoms with Crippen molar-refractivity contribution in [2.75, 3.05) is 7.11 Å². The molecule has 0 amide bonds. The summed E-state index contributed by atoms with van der Waals surface area (Å²) in [6.45, 7) is 1.96. The fraction of sp³-hybridized carbons (Fsp3) is 0.500. The highest BCUT2D eigenvalue weighted by atomic mass is 16.5. The van der Waals surface area contributed by atoms with E-state index in [-0.39, 0.29) is 5.41 Å². The molecule has 0 saturated heterocycles. The van der Waals surface area contributed by atoms with Gasteiger partial charge in [-0.3, -0.25) is 0 Å². The van der Waals surface area contributed by atoms with Gasteiger partial charge in [0.25, 0.3) is 0 Å². The number of aromatic nitrogens is 1. The smallest absolute Gasteiger partial charge is 0.215 e. The molecule has 0 atom stereocenters. The van der Waals surface area contributed by atoms with Crippen LogP contribution in [0.5, 0.6) is 5.88 Å². The summed E-state index contributed by atoms with van der Waals surface area (Å²) >= 11 is 0. The molecule has 1 aliphatic rings. The normalized spacial score (nSPS) is 17.7. The first kappa shape index (κ1) is 9.97. The van der Waals surface area contributed by atoms with Crippen LogP contribution in [0.3, 0.4) is 0 Å². The van der Waals surface area contributed by atoms with E-state index in [0.717, 1.165) is 30.4 Å². The Kier molecular flexibility index (Phi) is 2.36. The minimum absolute atomic E-state index is 0.274. The average molecular weight is 202 g/mol. The number of aryl methyl sites for hydroxylation is 1. The second kappa shape index (κ2) is 3.54. The van der Waals surface area contributed by atoms with Gasteiger partial charge in [0.2, 0.25) is 5.88 Å². The van der Waals surface area contributed by atoms with Gasteiger partial charge in [-0.2, -0.15) is 5.26 Å². The molecule has 0 spiro atoms. The molecule has 0 radical (unpaired) electrons. The first-order valence-electron chi connectivity index (χ1n) is 5.14. The average Bonchev–Trinajstić information content (AvgIpc) is 2.17. The summed E-state index contributed by atoms with van der Waals surface area (Å²) in [7, 11) is 1.61. The van der Waals surface area contributed by atoms with Crippen LogP contribution >= 0.6 is 0 Å². The minimum Gasteiger partial charge on any atom is -0.481 e. The van der Waals surface area contributed by atoms with E-state index in [1.165, 1.54) is 0 Å². The van der Waals surface area contributed by atoms with Crippen molar-refractivity contribution < 1.29 is 4.74 Å². The first-order chi connectivity index (χ1) is 7.22. The SMILES string of the molecule is COc1ncc(C2(C#N)CCC2)cc1C. The lowest BCUT2D eigenvalue weighted by atomic mass is 9.66. The Morgan fingerprint density at radius 1 is 1.53 bits per heavy atom. The zero-order valence-corrected chi connectivity index (χ0v) is 9.08. The van der Waals surface area contributed by atoms with Gasteiger partial charge in [-0.05, 0) is 37.8 Å². The summed E-state index contributed by atoms with van der Waals surface area (Å²) in [4.78, 5) is 4.22. The number of pyridine rings is 1. The van der Waals surface area contributed by atoms with Gasteiger partial charge >= 0.3 is 0 Å². The van der Waals surface area contributed by atoms with E-state index in [4.69, 9.17) is 4.74 Å². The Bertz CT molecular complexity index is 416. The standard InChI is InChI=1S/C12H14N2O/c1-9-6-10(7-14-11(9)15-2)12(8-13)4-3-5-12/h6-7H,3-5H2,1-2H3. The van der Waals surface area contributed by atoms with E-state index in [1.54, 1.807) is 13.3 Å². The highest BCUT2D eigenvalue weighted by Crippen LogP contribution is 2.43. The molecule has 2 rings (SSSR count). The molecule has 0 aliphatic heterocycles. The van der Waals surface area contributed by atoms with Gasteiger partial charge in [-0.15, -0.1) is 0 Å². The third-order valence-corrected chi connectivity index (χ3v) is 3.20. The third kappa shape index (κ3) is 1.46. The lowest BCUT2D eigenvalue weighted by molar-refractivity contribution is 0.321. The summed E-state index contributed by atoms with van der Waals surface area (Å²) < 4.78 is 5.10.